The minimum Gasteiger partial charge on any atom is -0.205 e. The monoisotopic (exact) mass is 170 g/mol. The fourth-order valence-electron chi connectivity index (χ4n) is 1.23. The van der Waals surface area contributed by atoms with Crippen molar-refractivity contribution in [2.24, 2.45) is 0 Å². The Hall–Kier alpha value is -0.560. The standard InChI is InChI=1S/C9H8ClF/c10-9-7(6-4-5-6)2-1-3-8(9)11/h1-3,6H,4-5H2. The molecule has 1 fully saturated rings. The van der Waals surface area contributed by atoms with E-state index in [9.17, 15) is 4.39 Å². The minimum atomic E-state index is -0.295. The van der Waals surface area contributed by atoms with Gasteiger partial charge in [0.1, 0.15) is 5.82 Å². The fourth-order valence-corrected chi connectivity index (χ4v) is 1.51. The highest BCUT2D eigenvalue weighted by molar-refractivity contribution is 6.31. The lowest BCUT2D eigenvalue weighted by molar-refractivity contribution is 0.626. The van der Waals surface area contributed by atoms with Crippen LogP contribution in [0.2, 0.25) is 5.02 Å². The molecule has 0 N–H and O–H groups in total. The van der Waals surface area contributed by atoms with Crippen molar-refractivity contribution < 1.29 is 4.39 Å². The van der Waals surface area contributed by atoms with E-state index in [1.54, 1.807) is 6.07 Å². The zero-order valence-corrected chi connectivity index (χ0v) is 6.74. The van der Waals surface area contributed by atoms with Crippen molar-refractivity contribution in [1.29, 1.82) is 0 Å². The Labute approximate surface area is 70.0 Å². The molecule has 1 saturated carbocycles. The summed E-state index contributed by atoms with van der Waals surface area (Å²) in [4.78, 5) is 0. The molecule has 2 heteroatoms. The summed E-state index contributed by atoms with van der Waals surface area (Å²) >= 11 is 5.75. The Kier molecular flexibility index (Phi) is 1.61. The Morgan fingerprint density at radius 3 is 2.73 bits per heavy atom. The molecule has 0 spiro atoms. The van der Waals surface area contributed by atoms with Crippen LogP contribution in [0.5, 0.6) is 0 Å². The molecule has 0 saturated heterocycles. The molecule has 1 aliphatic rings. The van der Waals surface area contributed by atoms with Crippen molar-refractivity contribution >= 4 is 11.6 Å². The van der Waals surface area contributed by atoms with Gasteiger partial charge in [-0.1, -0.05) is 23.7 Å². The molecule has 1 aromatic carbocycles. The molecule has 0 amide bonds. The second-order valence-electron chi connectivity index (χ2n) is 2.92. The van der Waals surface area contributed by atoms with Crippen LogP contribution in [-0.4, -0.2) is 0 Å². The summed E-state index contributed by atoms with van der Waals surface area (Å²) in [6, 6.07) is 5.02. The highest BCUT2D eigenvalue weighted by Crippen LogP contribution is 2.43. The van der Waals surface area contributed by atoms with Crippen molar-refractivity contribution in [2.45, 2.75) is 18.8 Å². The zero-order valence-electron chi connectivity index (χ0n) is 5.98. The van der Waals surface area contributed by atoms with Crippen molar-refractivity contribution in [3.05, 3.63) is 34.6 Å². The molecule has 0 aromatic heterocycles. The van der Waals surface area contributed by atoms with E-state index in [-0.39, 0.29) is 5.82 Å². The maximum atomic E-state index is 12.8. The average molecular weight is 171 g/mol. The van der Waals surface area contributed by atoms with Gasteiger partial charge in [0.25, 0.3) is 0 Å². The highest BCUT2D eigenvalue weighted by atomic mass is 35.5. The van der Waals surface area contributed by atoms with Crippen LogP contribution in [0.4, 0.5) is 4.39 Å². The summed E-state index contributed by atoms with van der Waals surface area (Å²) in [5, 5.41) is 0.315. The summed E-state index contributed by atoms with van der Waals surface area (Å²) in [6.45, 7) is 0. The van der Waals surface area contributed by atoms with Gasteiger partial charge in [0, 0.05) is 0 Å². The summed E-state index contributed by atoms with van der Waals surface area (Å²) in [5.41, 5.74) is 0.978. The molecule has 11 heavy (non-hydrogen) atoms. The Morgan fingerprint density at radius 2 is 2.09 bits per heavy atom. The second kappa shape index (κ2) is 2.49. The molecule has 0 heterocycles. The van der Waals surface area contributed by atoms with Gasteiger partial charge < -0.3 is 0 Å². The molecule has 0 nitrogen and oxygen atoms in total. The van der Waals surface area contributed by atoms with Gasteiger partial charge in [-0.05, 0) is 30.4 Å². The van der Waals surface area contributed by atoms with E-state index in [2.05, 4.69) is 0 Å². The highest BCUT2D eigenvalue weighted by Gasteiger charge is 2.26. The lowest BCUT2D eigenvalue weighted by atomic mass is 10.1. The normalized spacial score (nSPS) is 16.9. The number of rotatable bonds is 1. The predicted octanol–water partition coefficient (Wildman–Crippen LogP) is 3.36. The summed E-state index contributed by atoms with van der Waals surface area (Å²) in [7, 11) is 0. The van der Waals surface area contributed by atoms with Crippen LogP contribution in [0.1, 0.15) is 24.3 Å². The first-order valence-corrected chi connectivity index (χ1v) is 4.11. The Balaban J connectivity index is 2.45. The van der Waals surface area contributed by atoms with Crippen molar-refractivity contribution in [2.75, 3.05) is 0 Å². The maximum Gasteiger partial charge on any atom is 0.142 e. The van der Waals surface area contributed by atoms with Crippen LogP contribution < -0.4 is 0 Å². The molecule has 1 aromatic rings. The molecule has 0 bridgehead atoms. The summed E-state index contributed by atoms with van der Waals surface area (Å²) in [6.07, 6.45) is 2.31. The molecule has 0 radical (unpaired) electrons. The minimum absolute atomic E-state index is 0.295. The number of hydrogen-bond donors (Lipinski definition) is 0. The maximum absolute atomic E-state index is 12.8. The van der Waals surface area contributed by atoms with Crippen LogP contribution in [-0.2, 0) is 0 Å². The van der Waals surface area contributed by atoms with Gasteiger partial charge in [-0.3, -0.25) is 0 Å². The first-order chi connectivity index (χ1) is 5.29. The van der Waals surface area contributed by atoms with E-state index in [0.29, 0.717) is 10.9 Å². The van der Waals surface area contributed by atoms with Gasteiger partial charge in [-0.2, -0.15) is 0 Å². The average Bonchev–Trinajstić information content (AvgIpc) is 2.77. The van der Waals surface area contributed by atoms with Gasteiger partial charge in [0.2, 0.25) is 0 Å². The first-order valence-electron chi connectivity index (χ1n) is 3.73. The second-order valence-corrected chi connectivity index (χ2v) is 3.30. The van der Waals surface area contributed by atoms with E-state index in [4.69, 9.17) is 11.6 Å². The quantitative estimate of drug-likeness (QED) is 0.607. The van der Waals surface area contributed by atoms with Gasteiger partial charge in [-0.25, -0.2) is 4.39 Å². The zero-order chi connectivity index (χ0) is 7.84. The molecule has 2 rings (SSSR count). The molecule has 1 aliphatic carbocycles. The predicted molar refractivity (Wildman–Crippen MR) is 43.4 cm³/mol. The topological polar surface area (TPSA) is 0 Å². The third kappa shape index (κ3) is 1.25. The van der Waals surface area contributed by atoms with Crippen LogP contribution in [0.25, 0.3) is 0 Å². The molecule has 0 unspecified atom stereocenters. The SMILES string of the molecule is Fc1cccc(C2CC2)c1Cl. The van der Waals surface area contributed by atoms with Crippen LogP contribution >= 0.6 is 11.6 Å². The smallest absolute Gasteiger partial charge is 0.142 e. The van der Waals surface area contributed by atoms with Crippen molar-refractivity contribution in [1.82, 2.24) is 0 Å². The Morgan fingerprint density at radius 1 is 1.36 bits per heavy atom. The van der Waals surface area contributed by atoms with Crippen molar-refractivity contribution in [3.8, 4) is 0 Å². The summed E-state index contributed by atoms with van der Waals surface area (Å²) < 4.78 is 12.8. The van der Waals surface area contributed by atoms with E-state index in [1.807, 2.05) is 6.07 Å². The van der Waals surface area contributed by atoms with Gasteiger partial charge in [0.15, 0.2) is 0 Å². The van der Waals surface area contributed by atoms with Crippen LogP contribution in [0, 0.1) is 5.82 Å². The van der Waals surface area contributed by atoms with Gasteiger partial charge in [0.05, 0.1) is 5.02 Å². The van der Waals surface area contributed by atoms with Crippen molar-refractivity contribution in [3.63, 3.8) is 0 Å². The summed E-state index contributed by atoms with van der Waals surface area (Å²) in [5.74, 6) is 0.231. The number of benzene rings is 1. The number of hydrogen-bond acceptors (Lipinski definition) is 0. The first kappa shape index (κ1) is 7.11. The molecular weight excluding hydrogens is 163 g/mol. The number of halogens is 2. The van der Waals surface area contributed by atoms with Gasteiger partial charge in [-0.15, -0.1) is 0 Å². The van der Waals surface area contributed by atoms with E-state index < -0.39 is 0 Å². The van der Waals surface area contributed by atoms with E-state index in [1.165, 1.54) is 6.07 Å². The van der Waals surface area contributed by atoms with Gasteiger partial charge >= 0.3 is 0 Å². The molecule has 0 atom stereocenters. The lowest BCUT2D eigenvalue weighted by Gasteiger charge is -2.00. The largest absolute Gasteiger partial charge is 0.205 e. The lowest BCUT2D eigenvalue weighted by Crippen LogP contribution is -1.84. The third-order valence-electron chi connectivity index (χ3n) is 2.00. The molecule has 0 aliphatic heterocycles. The van der Waals surface area contributed by atoms with E-state index in [0.717, 1.165) is 18.4 Å². The molecular formula is C9H8ClF. The third-order valence-corrected chi connectivity index (χ3v) is 2.40. The van der Waals surface area contributed by atoms with E-state index >= 15 is 0 Å². The molecule has 58 valence electrons. The Bertz CT molecular complexity index is 279. The van der Waals surface area contributed by atoms with Crippen LogP contribution in [0.15, 0.2) is 18.2 Å². The fraction of sp³-hybridized carbons (Fsp3) is 0.333. The van der Waals surface area contributed by atoms with Crippen LogP contribution in [0.3, 0.4) is 0 Å².